The van der Waals surface area contributed by atoms with Crippen molar-refractivity contribution in [3.05, 3.63) is 52.0 Å². The maximum Gasteiger partial charge on any atom is 0.262 e. The van der Waals surface area contributed by atoms with E-state index in [1.54, 1.807) is 0 Å². The number of carbonyl (C=O) groups is 1. The average molecular weight is 299 g/mol. The molecule has 0 aliphatic rings. The van der Waals surface area contributed by atoms with Crippen molar-refractivity contribution in [1.29, 1.82) is 0 Å². The van der Waals surface area contributed by atoms with Crippen molar-refractivity contribution in [2.24, 2.45) is 0 Å². The van der Waals surface area contributed by atoms with Gasteiger partial charge < -0.3 is 10.3 Å². The Balaban J connectivity index is 1.79. The Hall–Kier alpha value is -2.14. The molecule has 2 aromatic heterocycles. The number of fused-ring (bicyclic) bond motifs is 1. The van der Waals surface area contributed by atoms with E-state index in [9.17, 15) is 4.79 Å². The zero-order chi connectivity index (χ0) is 14.8. The van der Waals surface area contributed by atoms with Gasteiger partial charge >= 0.3 is 0 Å². The zero-order valence-electron chi connectivity index (χ0n) is 12.0. The molecular formula is C16H17N3OS. The summed E-state index contributed by atoms with van der Waals surface area (Å²) < 4.78 is 0. The highest BCUT2D eigenvalue weighted by Crippen LogP contribution is 2.20. The molecule has 1 atom stereocenters. The lowest BCUT2D eigenvalue weighted by Crippen LogP contribution is -2.27. The molecule has 0 fully saturated rings. The zero-order valence-corrected chi connectivity index (χ0v) is 12.8. The maximum atomic E-state index is 12.3. The van der Waals surface area contributed by atoms with Gasteiger partial charge in [0.2, 0.25) is 0 Å². The lowest BCUT2D eigenvalue weighted by molar-refractivity contribution is 0.0941. The average Bonchev–Trinajstić information content (AvgIpc) is 3.13. The minimum absolute atomic E-state index is 0.0326. The molecule has 0 aliphatic carbocycles. The van der Waals surface area contributed by atoms with Crippen LogP contribution in [0.5, 0.6) is 0 Å². The van der Waals surface area contributed by atoms with Crippen LogP contribution in [0.2, 0.25) is 0 Å². The number of H-pyrrole nitrogens is 1. The van der Waals surface area contributed by atoms with Crippen LogP contribution in [0.4, 0.5) is 0 Å². The topological polar surface area (TPSA) is 57.8 Å². The lowest BCUT2D eigenvalue weighted by atomic mass is 10.2. The number of nitrogens with one attached hydrogen (secondary N) is 2. The highest BCUT2D eigenvalue weighted by Gasteiger charge is 2.17. The van der Waals surface area contributed by atoms with Crippen molar-refractivity contribution in [3.8, 4) is 0 Å². The van der Waals surface area contributed by atoms with Crippen LogP contribution in [0, 0.1) is 0 Å². The molecule has 3 rings (SSSR count). The monoisotopic (exact) mass is 299 g/mol. The number of carbonyl (C=O) groups excluding carboxylic acids is 1. The summed E-state index contributed by atoms with van der Waals surface area (Å²) in [6.45, 7) is 4.00. The van der Waals surface area contributed by atoms with Gasteiger partial charge in [-0.15, -0.1) is 11.3 Å². The fraction of sp³-hybridized carbons (Fsp3) is 0.250. The van der Waals surface area contributed by atoms with Gasteiger partial charge in [-0.2, -0.15) is 0 Å². The molecule has 0 spiro atoms. The Bertz CT molecular complexity index is 742. The second-order valence-corrected chi connectivity index (χ2v) is 5.88. The number of hydrogen-bond donors (Lipinski definition) is 2. The fourth-order valence-corrected chi connectivity index (χ4v) is 3.22. The number of nitrogens with zero attached hydrogens (tertiary/aromatic N) is 1. The van der Waals surface area contributed by atoms with Crippen molar-refractivity contribution < 1.29 is 4.79 Å². The summed E-state index contributed by atoms with van der Waals surface area (Å²) >= 11 is 1.48. The Kier molecular flexibility index (Phi) is 3.75. The molecule has 0 bridgehead atoms. The molecule has 0 aliphatic heterocycles. The number of aryl methyl sites for hydroxylation is 1. The van der Waals surface area contributed by atoms with Gasteiger partial charge in [0, 0.05) is 0 Å². The maximum absolute atomic E-state index is 12.3. The highest BCUT2D eigenvalue weighted by molar-refractivity contribution is 7.12. The summed E-state index contributed by atoms with van der Waals surface area (Å²) in [5.74, 6) is 0.744. The summed E-state index contributed by atoms with van der Waals surface area (Å²) in [4.78, 5) is 20.9. The number of benzene rings is 1. The third-order valence-corrected chi connectivity index (χ3v) is 4.45. The van der Waals surface area contributed by atoms with Crippen molar-refractivity contribution in [3.63, 3.8) is 0 Å². The Labute approximate surface area is 127 Å². The minimum Gasteiger partial charge on any atom is -0.342 e. The van der Waals surface area contributed by atoms with Crippen LogP contribution in [-0.4, -0.2) is 15.9 Å². The second-order valence-electron chi connectivity index (χ2n) is 4.96. The van der Waals surface area contributed by atoms with Crippen LogP contribution >= 0.6 is 11.3 Å². The number of thiophene rings is 1. The summed E-state index contributed by atoms with van der Waals surface area (Å²) in [6, 6.07) is 9.71. The number of para-hydroxylation sites is 2. The van der Waals surface area contributed by atoms with Crippen LogP contribution in [0.1, 0.15) is 40.9 Å². The fourth-order valence-electron chi connectivity index (χ4n) is 2.32. The summed E-state index contributed by atoms with van der Waals surface area (Å²) in [5, 5.41) is 4.97. The second kappa shape index (κ2) is 5.69. The molecule has 4 nitrogen and oxygen atoms in total. The molecule has 5 heteroatoms. The molecule has 1 aromatic carbocycles. The Morgan fingerprint density at radius 3 is 2.95 bits per heavy atom. The first-order chi connectivity index (χ1) is 10.2. The molecule has 1 amide bonds. The van der Waals surface area contributed by atoms with Gasteiger partial charge in [0.1, 0.15) is 5.82 Å². The number of rotatable bonds is 4. The van der Waals surface area contributed by atoms with Crippen molar-refractivity contribution in [2.45, 2.75) is 26.3 Å². The smallest absolute Gasteiger partial charge is 0.262 e. The molecule has 108 valence electrons. The molecule has 0 radical (unpaired) electrons. The summed E-state index contributed by atoms with van der Waals surface area (Å²) in [7, 11) is 0. The van der Waals surface area contributed by atoms with Crippen LogP contribution in [0.15, 0.2) is 35.7 Å². The van der Waals surface area contributed by atoms with E-state index in [-0.39, 0.29) is 11.9 Å². The Morgan fingerprint density at radius 1 is 1.38 bits per heavy atom. The number of aromatic nitrogens is 2. The van der Waals surface area contributed by atoms with E-state index in [0.717, 1.165) is 33.7 Å². The SMILES string of the molecule is CCc1ccsc1C(=O)NC(C)c1nc2ccccc2[nH]1. The first kappa shape index (κ1) is 13.8. The van der Waals surface area contributed by atoms with Gasteiger partial charge in [-0.3, -0.25) is 4.79 Å². The first-order valence-electron chi connectivity index (χ1n) is 7.01. The first-order valence-corrected chi connectivity index (χ1v) is 7.89. The quantitative estimate of drug-likeness (QED) is 0.772. The van der Waals surface area contributed by atoms with E-state index < -0.39 is 0 Å². The summed E-state index contributed by atoms with van der Waals surface area (Å²) in [5.41, 5.74) is 2.99. The van der Waals surface area contributed by atoms with Crippen molar-refractivity contribution in [2.75, 3.05) is 0 Å². The Morgan fingerprint density at radius 2 is 2.19 bits per heavy atom. The van der Waals surface area contributed by atoms with Gasteiger partial charge in [-0.05, 0) is 42.5 Å². The number of imidazole rings is 1. The van der Waals surface area contributed by atoms with E-state index in [1.807, 2.05) is 42.6 Å². The molecule has 2 heterocycles. The molecular weight excluding hydrogens is 282 g/mol. The lowest BCUT2D eigenvalue weighted by Gasteiger charge is -2.11. The van der Waals surface area contributed by atoms with E-state index in [4.69, 9.17) is 0 Å². The predicted octanol–water partition coefficient (Wildman–Crippen LogP) is 3.68. The van der Waals surface area contributed by atoms with E-state index in [2.05, 4.69) is 22.2 Å². The van der Waals surface area contributed by atoms with E-state index in [0.29, 0.717) is 0 Å². The van der Waals surface area contributed by atoms with Crippen LogP contribution < -0.4 is 5.32 Å². The van der Waals surface area contributed by atoms with Gasteiger partial charge in [-0.25, -0.2) is 4.98 Å². The van der Waals surface area contributed by atoms with Gasteiger partial charge in [-0.1, -0.05) is 19.1 Å². The molecule has 0 saturated heterocycles. The van der Waals surface area contributed by atoms with Gasteiger partial charge in [0.15, 0.2) is 0 Å². The normalized spacial score (nSPS) is 12.5. The molecule has 21 heavy (non-hydrogen) atoms. The van der Waals surface area contributed by atoms with Gasteiger partial charge in [0.25, 0.3) is 5.91 Å². The van der Waals surface area contributed by atoms with Crippen LogP contribution in [0.3, 0.4) is 0 Å². The molecule has 1 unspecified atom stereocenters. The molecule has 2 N–H and O–H groups in total. The molecule has 3 aromatic rings. The van der Waals surface area contributed by atoms with Gasteiger partial charge in [0.05, 0.1) is 22.0 Å². The predicted molar refractivity (Wildman–Crippen MR) is 85.7 cm³/mol. The number of hydrogen-bond acceptors (Lipinski definition) is 3. The summed E-state index contributed by atoms with van der Waals surface area (Å²) in [6.07, 6.45) is 0.866. The van der Waals surface area contributed by atoms with E-state index in [1.165, 1.54) is 11.3 Å². The number of amides is 1. The van der Waals surface area contributed by atoms with Crippen LogP contribution in [0.25, 0.3) is 11.0 Å². The minimum atomic E-state index is -0.156. The third-order valence-electron chi connectivity index (χ3n) is 3.50. The standard InChI is InChI=1S/C16H17N3OS/c1-3-11-8-9-21-14(11)16(20)17-10(2)15-18-12-6-4-5-7-13(12)19-15/h4-10H,3H2,1-2H3,(H,17,20)(H,18,19). The number of aromatic amines is 1. The van der Waals surface area contributed by atoms with E-state index >= 15 is 0 Å². The highest BCUT2D eigenvalue weighted by atomic mass is 32.1. The van der Waals surface area contributed by atoms with Crippen molar-refractivity contribution in [1.82, 2.24) is 15.3 Å². The molecule has 0 saturated carbocycles. The van der Waals surface area contributed by atoms with Crippen molar-refractivity contribution >= 4 is 28.3 Å². The van der Waals surface area contributed by atoms with Crippen LogP contribution in [-0.2, 0) is 6.42 Å². The third kappa shape index (κ3) is 2.69. The largest absolute Gasteiger partial charge is 0.342 e.